The Morgan fingerprint density at radius 3 is 2.33 bits per heavy atom. The number of nitrogens with zero attached hydrogens (tertiary/aromatic N) is 1. The van der Waals surface area contributed by atoms with Crippen molar-refractivity contribution < 1.29 is 18.3 Å². The van der Waals surface area contributed by atoms with Crippen molar-refractivity contribution in [3.8, 4) is 0 Å². The van der Waals surface area contributed by atoms with Gasteiger partial charge in [0.25, 0.3) is 0 Å². The molecule has 2 rings (SSSR count). The summed E-state index contributed by atoms with van der Waals surface area (Å²) in [5.41, 5.74) is 0.631. The summed E-state index contributed by atoms with van der Waals surface area (Å²) in [5, 5.41) is 9.14. The summed E-state index contributed by atoms with van der Waals surface area (Å²) in [6.45, 7) is 5.38. The monoisotopic (exact) mass is 314 g/mol. The van der Waals surface area contributed by atoms with E-state index in [9.17, 15) is 13.2 Å². The molecule has 1 aromatic rings. The van der Waals surface area contributed by atoms with E-state index in [0.717, 1.165) is 25.7 Å². The Hall–Kier alpha value is -1.34. The molecular formula is C14H22N2O4S. The third kappa shape index (κ3) is 2.72. The minimum Gasteiger partial charge on any atom is -0.477 e. The van der Waals surface area contributed by atoms with Gasteiger partial charge in [0.2, 0.25) is 10.0 Å². The molecule has 0 radical (unpaired) electrons. The van der Waals surface area contributed by atoms with Gasteiger partial charge in [0, 0.05) is 23.8 Å². The molecular weight excluding hydrogens is 292 g/mol. The second kappa shape index (κ2) is 5.81. The summed E-state index contributed by atoms with van der Waals surface area (Å²) in [6.07, 6.45) is 3.84. The second-order valence-corrected chi connectivity index (χ2v) is 7.36. The Bertz CT molecular complexity index is 642. The van der Waals surface area contributed by atoms with E-state index in [1.807, 2.05) is 6.92 Å². The molecule has 0 aromatic carbocycles. The lowest BCUT2D eigenvalue weighted by Gasteiger charge is -2.27. The van der Waals surface area contributed by atoms with Gasteiger partial charge in [-0.2, -0.15) is 4.31 Å². The summed E-state index contributed by atoms with van der Waals surface area (Å²) in [7, 11) is -3.67. The van der Waals surface area contributed by atoms with Crippen molar-refractivity contribution in [2.24, 2.45) is 0 Å². The van der Waals surface area contributed by atoms with E-state index in [2.05, 4.69) is 4.98 Å². The molecule has 0 amide bonds. The first-order valence-corrected chi connectivity index (χ1v) is 8.69. The van der Waals surface area contributed by atoms with E-state index in [4.69, 9.17) is 5.11 Å². The molecule has 1 aliphatic rings. The Morgan fingerprint density at radius 2 is 1.90 bits per heavy atom. The van der Waals surface area contributed by atoms with E-state index in [1.165, 1.54) is 4.31 Å². The van der Waals surface area contributed by atoms with E-state index in [0.29, 0.717) is 12.2 Å². The molecule has 1 aliphatic carbocycles. The lowest BCUT2D eigenvalue weighted by molar-refractivity contribution is 0.0690. The average Bonchev–Trinajstić information content (AvgIpc) is 2.98. The number of aryl methyl sites for hydroxylation is 1. The van der Waals surface area contributed by atoms with Crippen LogP contribution in [0.1, 0.15) is 54.4 Å². The third-order valence-electron chi connectivity index (χ3n) is 4.19. The minimum absolute atomic E-state index is 0.0296. The predicted molar refractivity (Wildman–Crippen MR) is 79.0 cm³/mol. The highest BCUT2D eigenvalue weighted by Gasteiger charge is 2.35. The maximum atomic E-state index is 12.9. The van der Waals surface area contributed by atoms with Gasteiger partial charge in [-0.05, 0) is 26.7 Å². The number of carboxylic acid groups (broad SMARTS) is 1. The van der Waals surface area contributed by atoms with Crippen molar-refractivity contribution in [2.45, 2.75) is 57.4 Å². The fourth-order valence-corrected chi connectivity index (χ4v) is 5.37. The van der Waals surface area contributed by atoms with Gasteiger partial charge < -0.3 is 10.1 Å². The van der Waals surface area contributed by atoms with Crippen molar-refractivity contribution >= 4 is 16.0 Å². The molecule has 1 fully saturated rings. The molecule has 6 nitrogen and oxygen atoms in total. The number of hydrogen-bond acceptors (Lipinski definition) is 3. The van der Waals surface area contributed by atoms with Crippen molar-refractivity contribution in [1.29, 1.82) is 0 Å². The van der Waals surface area contributed by atoms with E-state index in [-0.39, 0.29) is 22.2 Å². The van der Waals surface area contributed by atoms with E-state index >= 15 is 0 Å². The van der Waals surface area contributed by atoms with Crippen molar-refractivity contribution in [2.75, 3.05) is 6.54 Å². The predicted octanol–water partition coefficient (Wildman–Crippen LogP) is 2.28. The quantitative estimate of drug-likeness (QED) is 0.872. The first kappa shape index (κ1) is 16.0. The van der Waals surface area contributed by atoms with Crippen LogP contribution in [0.3, 0.4) is 0 Å². The summed E-state index contributed by atoms with van der Waals surface area (Å²) < 4.78 is 27.4. The minimum atomic E-state index is -3.67. The lowest BCUT2D eigenvalue weighted by atomic mass is 10.2. The molecule has 0 saturated heterocycles. The maximum absolute atomic E-state index is 12.9. The second-order valence-electron chi connectivity index (χ2n) is 5.53. The molecule has 2 N–H and O–H groups in total. The van der Waals surface area contributed by atoms with Gasteiger partial charge in [0.1, 0.15) is 10.6 Å². The molecule has 21 heavy (non-hydrogen) atoms. The largest absolute Gasteiger partial charge is 0.477 e. The molecule has 1 aromatic heterocycles. The van der Waals surface area contributed by atoms with Crippen LogP contribution in [0.4, 0.5) is 0 Å². The average molecular weight is 314 g/mol. The molecule has 0 unspecified atom stereocenters. The van der Waals surface area contributed by atoms with Crippen LogP contribution in [-0.4, -0.2) is 41.4 Å². The number of carboxylic acids is 1. The van der Waals surface area contributed by atoms with Gasteiger partial charge in [-0.3, -0.25) is 0 Å². The lowest BCUT2D eigenvalue weighted by Crippen LogP contribution is -2.39. The van der Waals surface area contributed by atoms with Crippen LogP contribution in [0.5, 0.6) is 0 Å². The highest BCUT2D eigenvalue weighted by molar-refractivity contribution is 7.89. The zero-order valence-corrected chi connectivity index (χ0v) is 13.5. The van der Waals surface area contributed by atoms with Crippen LogP contribution < -0.4 is 0 Å². The summed E-state index contributed by atoms with van der Waals surface area (Å²) in [5.74, 6) is -1.14. The Balaban J connectivity index is 2.50. The summed E-state index contributed by atoms with van der Waals surface area (Å²) in [4.78, 5) is 14.0. The standard InChI is InChI=1S/C14H22N2O4S/c1-4-16(11-7-5-6-8-11)21(19,20)13-9(2)12(14(17)18)15-10(13)3/h11,15H,4-8H2,1-3H3,(H,17,18). The van der Waals surface area contributed by atoms with Gasteiger partial charge in [0.15, 0.2) is 0 Å². The van der Waals surface area contributed by atoms with Crippen LogP contribution >= 0.6 is 0 Å². The topological polar surface area (TPSA) is 90.5 Å². The van der Waals surface area contributed by atoms with Crippen LogP contribution in [0.2, 0.25) is 0 Å². The van der Waals surface area contributed by atoms with Crippen LogP contribution in [-0.2, 0) is 10.0 Å². The molecule has 1 heterocycles. The van der Waals surface area contributed by atoms with Crippen LogP contribution in [0.15, 0.2) is 4.90 Å². The van der Waals surface area contributed by atoms with Crippen molar-refractivity contribution in [3.05, 3.63) is 17.0 Å². The van der Waals surface area contributed by atoms with Crippen LogP contribution in [0.25, 0.3) is 0 Å². The smallest absolute Gasteiger partial charge is 0.352 e. The zero-order chi connectivity index (χ0) is 15.8. The highest BCUT2D eigenvalue weighted by Crippen LogP contribution is 2.32. The Kier molecular flexibility index (Phi) is 4.43. The van der Waals surface area contributed by atoms with Crippen LogP contribution in [0, 0.1) is 13.8 Å². The first-order chi connectivity index (χ1) is 9.80. The molecule has 0 atom stereocenters. The number of aromatic nitrogens is 1. The van der Waals surface area contributed by atoms with Gasteiger partial charge in [0.05, 0.1) is 0 Å². The van der Waals surface area contributed by atoms with Crippen molar-refractivity contribution in [3.63, 3.8) is 0 Å². The number of aromatic carboxylic acids is 1. The molecule has 0 aliphatic heterocycles. The highest BCUT2D eigenvalue weighted by atomic mass is 32.2. The number of aromatic amines is 1. The Labute approximate surface area is 125 Å². The first-order valence-electron chi connectivity index (χ1n) is 7.25. The molecule has 7 heteroatoms. The normalized spacial score (nSPS) is 16.8. The fraction of sp³-hybridized carbons (Fsp3) is 0.643. The summed E-state index contributed by atoms with van der Waals surface area (Å²) in [6, 6.07) is 0.0296. The summed E-state index contributed by atoms with van der Waals surface area (Å²) >= 11 is 0. The number of hydrogen-bond donors (Lipinski definition) is 2. The third-order valence-corrected chi connectivity index (χ3v) is 6.49. The molecule has 0 spiro atoms. The zero-order valence-electron chi connectivity index (χ0n) is 12.6. The van der Waals surface area contributed by atoms with Gasteiger partial charge in [-0.15, -0.1) is 0 Å². The number of nitrogens with one attached hydrogen (secondary N) is 1. The molecule has 0 bridgehead atoms. The Morgan fingerprint density at radius 1 is 1.33 bits per heavy atom. The number of carbonyl (C=O) groups is 1. The fourth-order valence-electron chi connectivity index (χ4n) is 3.27. The number of rotatable bonds is 5. The molecule has 1 saturated carbocycles. The number of H-pyrrole nitrogens is 1. The van der Waals surface area contributed by atoms with Gasteiger partial charge in [-0.1, -0.05) is 19.8 Å². The van der Waals surface area contributed by atoms with Gasteiger partial charge >= 0.3 is 5.97 Å². The van der Waals surface area contributed by atoms with Crippen molar-refractivity contribution in [1.82, 2.24) is 9.29 Å². The van der Waals surface area contributed by atoms with E-state index in [1.54, 1.807) is 13.8 Å². The molecule has 118 valence electrons. The maximum Gasteiger partial charge on any atom is 0.352 e. The van der Waals surface area contributed by atoms with E-state index < -0.39 is 16.0 Å². The SMILES string of the molecule is CCN(C1CCCC1)S(=O)(=O)c1c(C)[nH]c(C(=O)O)c1C. The number of sulfonamides is 1. The van der Waals surface area contributed by atoms with Gasteiger partial charge in [-0.25, -0.2) is 13.2 Å².